The van der Waals surface area contributed by atoms with Gasteiger partial charge in [0.05, 0.1) is 18.5 Å². The third-order valence-electron chi connectivity index (χ3n) is 3.51. The molecule has 25 heavy (non-hydrogen) atoms. The van der Waals surface area contributed by atoms with Gasteiger partial charge in [0.1, 0.15) is 18.1 Å². The quantitative estimate of drug-likeness (QED) is 0.330. The van der Waals surface area contributed by atoms with Crippen LogP contribution in [0.3, 0.4) is 0 Å². The number of carbonyl (C=O) groups excluding carboxylic acids is 5. The Morgan fingerprint density at radius 2 is 1.60 bits per heavy atom. The van der Waals surface area contributed by atoms with Crippen LogP contribution in [0.5, 0.6) is 0 Å². The van der Waals surface area contributed by atoms with Crippen LogP contribution in [0.2, 0.25) is 0 Å². The molecule has 0 heterocycles. The summed E-state index contributed by atoms with van der Waals surface area (Å²) in [6, 6.07) is -2.42. The van der Waals surface area contributed by atoms with Crippen molar-refractivity contribution < 1.29 is 24.0 Å². The predicted molar refractivity (Wildman–Crippen MR) is 92.6 cm³/mol. The van der Waals surface area contributed by atoms with E-state index in [2.05, 4.69) is 10.6 Å². The maximum absolute atomic E-state index is 12.4. The van der Waals surface area contributed by atoms with Gasteiger partial charge < -0.3 is 21.2 Å². The third-order valence-corrected chi connectivity index (χ3v) is 3.51. The second kappa shape index (κ2) is 11.5. The molecule has 0 saturated carbocycles. The standard InChI is InChI=1S/C17H29N3O5/c1-10(2)8-14(20-16(24)11(3)18)17(25)19-12(4)15(23)9-13(22)6-5-7-21/h7,10-12,14H,5-6,8-9,18H2,1-4H3,(H,19,25)(H,20,24)/t11-,12-,14-/m0/s1. The lowest BCUT2D eigenvalue weighted by atomic mass is 10.0. The fraction of sp³-hybridized carbons (Fsp3) is 0.706. The van der Waals surface area contributed by atoms with Crippen molar-refractivity contribution in [3.8, 4) is 0 Å². The molecule has 4 N–H and O–H groups in total. The van der Waals surface area contributed by atoms with Crippen molar-refractivity contribution in [2.75, 3.05) is 0 Å². The van der Waals surface area contributed by atoms with Gasteiger partial charge in [-0.3, -0.25) is 19.2 Å². The summed E-state index contributed by atoms with van der Waals surface area (Å²) in [5.74, 6) is -1.60. The van der Waals surface area contributed by atoms with E-state index in [1.807, 2.05) is 13.8 Å². The molecule has 0 bridgehead atoms. The summed E-state index contributed by atoms with van der Waals surface area (Å²) >= 11 is 0. The molecule has 0 aliphatic heterocycles. The van der Waals surface area contributed by atoms with E-state index in [1.165, 1.54) is 13.8 Å². The molecule has 0 aliphatic carbocycles. The summed E-state index contributed by atoms with van der Waals surface area (Å²) in [4.78, 5) is 57.9. The number of aldehydes is 1. The highest BCUT2D eigenvalue weighted by Gasteiger charge is 2.26. The molecule has 0 rings (SSSR count). The third kappa shape index (κ3) is 9.71. The molecule has 0 saturated heterocycles. The zero-order chi connectivity index (χ0) is 19.6. The van der Waals surface area contributed by atoms with Gasteiger partial charge in [-0.15, -0.1) is 0 Å². The number of hydrogen-bond donors (Lipinski definition) is 3. The van der Waals surface area contributed by atoms with Gasteiger partial charge in [-0.2, -0.15) is 0 Å². The van der Waals surface area contributed by atoms with Crippen LogP contribution in [0.4, 0.5) is 0 Å². The molecule has 0 unspecified atom stereocenters. The zero-order valence-electron chi connectivity index (χ0n) is 15.3. The molecular weight excluding hydrogens is 326 g/mol. The SMILES string of the molecule is CC(C)C[C@H](NC(=O)[C@H](C)N)C(=O)N[C@@H](C)C(=O)CC(=O)CCC=O. The number of ketones is 2. The van der Waals surface area contributed by atoms with E-state index >= 15 is 0 Å². The number of nitrogens with two attached hydrogens (primary N) is 1. The van der Waals surface area contributed by atoms with Gasteiger partial charge in [-0.05, 0) is 26.2 Å². The minimum Gasteiger partial charge on any atom is -0.345 e. The van der Waals surface area contributed by atoms with E-state index in [0.717, 1.165) is 0 Å². The molecule has 2 amide bonds. The molecule has 8 nitrogen and oxygen atoms in total. The second-order valence-electron chi connectivity index (χ2n) is 6.60. The monoisotopic (exact) mass is 355 g/mol. The van der Waals surface area contributed by atoms with Crippen LogP contribution < -0.4 is 16.4 Å². The van der Waals surface area contributed by atoms with Crippen LogP contribution in [0, 0.1) is 5.92 Å². The van der Waals surface area contributed by atoms with Crippen LogP contribution >= 0.6 is 0 Å². The number of carbonyl (C=O) groups is 5. The fourth-order valence-corrected chi connectivity index (χ4v) is 2.06. The van der Waals surface area contributed by atoms with Crippen molar-refractivity contribution in [1.29, 1.82) is 0 Å². The smallest absolute Gasteiger partial charge is 0.243 e. The van der Waals surface area contributed by atoms with Crippen LogP contribution in [0.1, 0.15) is 53.4 Å². The molecule has 142 valence electrons. The minimum atomic E-state index is -0.866. The van der Waals surface area contributed by atoms with Crippen LogP contribution in [0.25, 0.3) is 0 Å². The summed E-state index contributed by atoms with van der Waals surface area (Å²) in [6.07, 6.45) is 0.758. The van der Waals surface area contributed by atoms with Crippen LogP contribution in [0.15, 0.2) is 0 Å². The molecule has 0 aromatic carbocycles. The number of Topliss-reactive ketones (excluding diaryl/α,β-unsaturated/α-hetero) is 2. The summed E-state index contributed by atoms with van der Waals surface area (Å²) < 4.78 is 0. The van der Waals surface area contributed by atoms with Crippen molar-refractivity contribution >= 4 is 29.7 Å². The summed E-state index contributed by atoms with van der Waals surface area (Å²) in [7, 11) is 0. The van der Waals surface area contributed by atoms with Crippen molar-refractivity contribution in [2.45, 2.75) is 71.5 Å². The van der Waals surface area contributed by atoms with Gasteiger partial charge in [0.25, 0.3) is 0 Å². The van der Waals surface area contributed by atoms with Gasteiger partial charge in [-0.25, -0.2) is 0 Å². The molecule has 0 fully saturated rings. The topological polar surface area (TPSA) is 135 Å². The first-order valence-electron chi connectivity index (χ1n) is 8.42. The highest BCUT2D eigenvalue weighted by atomic mass is 16.2. The molecule has 0 aliphatic rings. The molecule has 0 aromatic rings. The largest absolute Gasteiger partial charge is 0.345 e. The Morgan fingerprint density at radius 3 is 2.08 bits per heavy atom. The van der Waals surface area contributed by atoms with E-state index in [0.29, 0.717) is 12.7 Å². The molecule has 3 atom stereocenters. The van der Waals surface area contributed by atoms with Gasteiger partial charge in [0.2, 0.25) is 11.8 Å². The maximum Gasteiger partial charge on any atom is 0.243 e. The molecule has 8 heteroatoms. The molecule has 0 aromatic heterocycles. The Balaban J connectivity index is 4.74. The lowest BCUT2D eigenvalue weighted by molar-refractivity contribution is -0.133. The van der Waals surface area contributed by atoms with Crippen LogP contribution in [-0.4, -0.2) is 47.8 Å². The van der Waals surface area contributed by atoms with Crippen molar-refractivity contribution in [2.24, 2.45) is 11.7 Å². The van der Waals surface area contributed by atoms with E-state index in [4.69, 9.17) is 5.73 Å². The fourth-order valence-electron chi connectivity index (χ4n) is 2.06. The van der Waals surface area contributed by atoms with E-state index < -0.39 is 35.7 Å². The number of amides is 2. The number of nitrogens with one attached hydrogen (secondary N) is 2. The summed E-state index contributed by atoms with van der Waals surface area (Å²) in [5, 5.41) is 5.09. The summed E-state index contributed by atoms with van der Waals surface area (Å²) in [5.41, 5.74) is 5.50. The van der Waals surface area contributed by atoms with Crippen molar-refractivity contribution in [1.82, 2.24) is 10.6 Å². The van der Waals surface area contributed by atoms with Gasteiger partial charge in [-0.1, -0.05) is 13.8 Å². The highest BCUT2D eigenvalue weighted by Crippen LogP contribution is 2.06. The average molecular weight is 355 g/mol. The lowest BCUT2D eigenvalue weighted by Gasteiger charge is -2.23. The Morgan fingerprint density at radius 1 is 1.00 bits per heavy atom. The first kappa shape index (κ1) is 22.9. The number of rotatable bonds is 12. The minimum absolute atomic E-state index is 0.0102. The molecule has 0 radical (unpaired) electrons. The Hall–Kier alpha value is -2.09. The van der Waals surface area contributed by atoms with E-state index in [1.54, 1.807) is 0 Å². The van der Waals surface area contributed by atoms with Gasteiger partial charge in [0.15, 0.2) is 5.78 Å². The normalized spacial score (nSPS) is 14.3. The maximum atomic E-state index is 12.4. The van der Waals surface area contributed by atoms with Crippen molar-refractivity contribution in [3.05, 3.63) is 0 Å². The Labute approximate surface area is 148 Å². The van der Waals surface area contributed by atoms with Gasteiger partial charge in [0, 0.05) is 12.8 Å². The molecular formula is C17H29N3O5. The summed E-state index contributed by atoms with van der Waals surface area (Å²) in [6.45, 7) is 6.79. The first-order chi connectivity index (χ1) is 11.6. The lowest BCUT2D eigenvalue weighted by Crippen LogP contribution is -2.53. The Bertz CT molecular complexity index is 503. The Kier molecular flexibility index (Phi) is 10.5. The molecule has 0 spiro atoms. The predicted octanol–water partition coefficient (Wildman–Crippen LogP) is -0.123. The second-order valence-corrected chi connectivity index (χ2v) is 6.60. The van der Waals surface area contributed by atoms with Crippen LogP contribution in [-0.2, 0) is 24.0 Å². The van der Waals surface area contributed by atoms with E-state index in [-0.39, 0.29) is 31.0 Å². The van der Waals surface area contributed by atoms with Gasteiger partial charge >= 0.3 is 0 Å². The highest BCUT2D eigenvalue weighted by molar-refractivity contribution is 6.03. The average Bonchev–Trinajstić information content (AvgIpc) is 2.51. The number of hydrogen-bond acceptors (Lipinski definition) is 6. The van der Waals surface area contributed by atoms with E-state index in [9.17, 15) is 24.0 Å². The van der Waals surface area contributed by atoms with Crippen molar-refractivity contribution in [3.63, 3.8) is 0 Å². The zero-order valence-corrected chi connectivity index (χ0v) is 15.3. The first-order valence-corrected chi connectivity index (χ1v) is 8.42.